The summed E-state index contributed by atoms with van der Waals surface area (Å²) in [7, 11) is 0. The fourth-order valence-corrected chi connectivity index (χ4v) is 2.63. The summed E-state index contributed by atoms with van der Waals surface area (Å²) in [6.07, 6.45) is 3.16. The summed E-state index contributed by atoms with van der Waals surface area (Å²) in [4.78, 5) is 14.5. The lowest BCUT2D eigenvalue weighted by Crippen LogP contribution is -2.37. The van der Waals surface area contributed by atoms with Crippen LogP contribution in [0.2, 0.25) is 0 Å². The SMILES string of the molecule is Nc1ccc(C(=O)N(CC2CCOC2)C2CC2)cc1O. The smallest absolute Gasteiger partial charge is 0.254 e. The van der Waals surface area contributed by atoms with Crippen LogP contribution in [-0.4, -0.2) is 41.7 Å². The van der Waals surface area contributed by atoms with Gasteiger partial charge in [0.15, 0.2) is 0 Å². The Labute approximate surface area is 118 Å². The van der Waals surface area contributed by atoms with E-state index in [2.05, 4.69) is 0 Å². The van der Waals surface area contributed by atoms with Gasteiger partial charge in [-0.1, -0.05) is 0 Å². The van der Waals surface area contributed by atoms with E-state index in [1.165, 1.54) is 6.07 Å². The molecule has 1 amide bonds. The zero-order chi connectivity index (χ0) is 14.1. The normalized spacial score (nSPS) is 21.9. The summed E-state index contributed by atoms with van der Waals surface area (Å²) in [5.41, 5.74) is 6.38. The number of benzene rings is 1. The lowest BCUT2D eigenvalue weighted by atomic mass is 10.1. The van der Waals surface area contributed by atoms with Crippen molar-refractivity contribution < 1.29 is 14.6 Å². The summed E-state index contributed by atoms with van der Waals surface area (Å²) < 4.78 is 5.38. The lowest BCUT2D eigenvalue weighted by molar-refractivity contribution is 0.0706. The van der Waals surface area contributed by atoms with Crippen molar-refractivity contribution in [2.24, 2.45) is 5.92 Å². The number of rotatable bonds is 4. The maximum Gasteiger partial charge on any atom is 0.254 e. The average Bonchev–Trinajstić information content (AvgIpc) is 3.15. The number of nitrogens with zero attached hydrogens (tertiary/aromatic N) is 1. The van der Waals surface area contributed by atoms with Crippen molar-refractivity contribution in [1.29, 1.82) is 0 Å². The number of hydrogen-bond donors (Lipinski definition) is 2. The van der Waals surface area contributed by atoms with Crippen LogP contribution in [0, 0.1) is 5.92 Å². The van der Waals surface area contributed by atoms with Gasteiger partial charge in [-0.2, -0.15) is 0 Å². The van der Waals surface area contributed by atoms with Crippen LogP contribution in [0.5, 0.6) is 5.75 Å². The highest BCUT2D eigenvalue weighted by molar-refractivity contribution is 5.95. The van der Waals surface area contributed by atoms with E-state index in [9.17, 15) is 9.90 Å². The van der Waals surface area contributed by atoms with Crippen molar-refractivity contribution in [3.63, 3.8) is 0 Å². The maximum atomic E-state index is 12.6. The van der Waals surface area contributed by atoms with Gasteiger partial charge >= 0.3 is 0 Å². The zero-order valence-electron chi connectivity index (χ0n) is 11.4. The number of nitrogen functional groups attached to an aromatic ring is 1. The molecule has 2 fully saturated rings. The second-order valence-electron chi connectivity index (χ2n) is 5.69. The monoisotopic (exact) mass is 276 g/mol. The van der Waals surface area contributed by atoms with Crippen LogP contribution >= 0.6 is 0 Å². The molecule has 1 atom stereocenters. The molecule has 1 unspecified atom stereocenters. The zero-order valence-corrected chi connectivity index (χ0v) is 11.4. The number of aromatic hydroxyl groups is 1. The molecule has 20 heavy (non-hydrogen) atoms. The Morgan fingerprint density at radius 3 is 2.80 bits per heavy atom. The first kappa shape index (κ1) is 13.2. The topological polar surface area (TPSA) is 75.8 Å². The van der Waals surface area contributed by atoms with Crippen LogP contribution in [0.4, 0.5) is 5.69 Å². The number of amides is 1. The Kier molecular flexibility index (Phi) is 3.53. The molecule has 5 nitrogen and oxygen atoms in total. The number of anilines is 1. The number of carbonyl (C=O) groups excluding carboxylic acids is 1. The van der Waals surface area contributed by atoms with Crippen LogP contribution in [0.3, 0.4) is 0 Å². The van der Waals surface area contributed by atoms with Gasteiger partial charge < -0.3 is 20.5 Å². The third kappa shape index (κ3) is 2.72. The van der Waals surface area contributed by atoms with Crippen LogP contribution in [0.25, 0.3) is 0 Å². The quantitative estimate of drug-likeness (QED) is 0.647. The Morgan fingerprint density at radius 2 is 2.20 bits per heavy atom. The van der Waals surface area contributed by atoms with E-state index >= 15 is 0 Å². The Hall–Kier alpha value is -1.75. The molecule has 0 aromatic heterocycles. The highest BCUT2D eigenvalue weighted by Gasteiger charge is 2.35. The molecule has 0 bridgehead atoms. The molecule has 3 N–H and O–H groups in total. The van der Waals surface area contributed by atoms with Crippen molar-refractivity contribution in [2.45, 2.75) is 25.3 Å². The van der Waals surface area contributed by atoms with Crippen molar-refractivity contribution >= 4 is 11.6 Å². The van der Waals surface area contributed by atoms with Crippen molar-refractivity contribution in [3.8, 4) is 5.75 Å². The number of phenols is 1. The minimum absolute atomic E-state index is 0.0188. The summed E-state index contributed by atoms with van der Waals surface area (Å²) in [6, 6.07) is 5.06. The van der Waals surface area contributed by atoms with Gasteiger partial charge in [0.2, 0.25) is 0 Å². The molecule has 1 aromatic rings. The number of nitrogens with two attached hydrogens (primary N) is 1. The van der Waals surface area contributed by atoms with Crippen LogP contribution in [-0.2, 0) is 4.74 Å². The molecule has 0 spiro atoms. The molecule has 0 radical (unpaired) electrons. The van der Waals surface area contributed by atoms with Crippen molar-refractivity contribution in [3.05, 3.63) is 23.8 Å². The molecule has 1 aliphatic carbocycles. The number of hydrogen-bond acceptors (Lipinski definition) is 4. The standard InChI is InChI=1S/C15H20N2O3/c16-13-4-1-11(7-14(13)18)15(19)17(12-2-3-12)8-10-5-6-20-9-10/h1,4,7,10,12,18H,2-3,5-6,8-9,16H2. The summed E-state index contributed by atoms with van der Waals surface area (Å²) >= 11 is 0. The fraction of sp³-hybridized carbons (Fsp3) is 0.533. The minimum atomic E-state index is -0.0317. The summed E-state index contributed by atoms with van der Waals surface area (Å²) in [6.45, 7) is 2.28. The first-order valence-corrected chi connectivity index (χ1v) is 7.12. The predicted molar refractivity (Wildman–Crippen MR) is 75.5 cm³/mol. The Bertz CT molecular complexity index is 508. The second kappa shape index (κ2) is 5.32. The highest BCUT2D eigenvalue weighted by atomic mass is 16.5. The number of carbonyl (C=O) groups is 1. The minimum Gasteiger partial charge on any atom is -0.506 e. The second-order valence-corrected chi connectivity index (χ2v) is 5.69. The van der Waals surface area contributed by atoms with Gasteiger partial charge in [0.05, 0.1) is 12.3 Å². The first-order valence-electron chi connectivity index (χ1n) is 7.12. The van der Waals surface area contributed by atoms with E-state index in [1.54, 1.807) is 12.1 Å². The fourth-order valence-electron chi connectivity index (χ4n) is 2.63. The summed E-state index contributed by atoms with van der Waals surface area (Å²) in [5, 5.41) is 9.65. The molecule has 5 heteroatoms. The van der Waals surface area contributed by atoms with Gasteiger partial charge in [-0.25, -0.2) is 0 Å². The summed E-state index contributed by atoms with van der Waals surface area (Å²) in [5.74, 6) is 0.382. The molecule has 2 aliphatic rings. The van der Waals surface area contributed by atoms with Gasteiger partial charge in [0.25, 0.3) is 5.91 Å². The molecule has 108 valence electrons. The van der Waals surface area contributed by atoms with E-state index < -0.39 is 0 Å². The van der Waals surface area contributed by atoms with Gasteiger partial charge in [-0.3, -0.25) is 4.79 Å². The largest absolute Gasteiger partial charge is 0.506 e. The van der Waals surface area contributed by atoms with Crippen LogP contribution in [0.15, 0.2) is 18.2 Å². The molecule has 1 aromatic carbocycles. The first-order chi connectivity index (χ1) is 9.65. The van der Waals surface area contributed by atoms with E-state index in [0.29, 0.717) is 23.2 Å². The number of ether oxygens (including phenoxy) is 1. The molecule has 1 heterocycles. The molecule has 1 saturated carbocycles. The Balaban J connectivity index is 1.75. The van der Waals surface area contributed by atoms with Gasteiger partial charge in [0, 0.05) is 30.7 Å². The number of phenolic OH excluding ortho intramolecular Hbond substituents is 1. The molecule has 1 saturated heterocycles. The van der Waals surface area contributed by atoms with E-state index in [4.69, 9.17) is 10.5 Å². The molecular weight excluding hydrogens is 256 g/mol. The molecule has 3 rings (SSSR count). The van der Waals surface area contributed by atoms with Gasteiger partial charge in [-0.05, 0) is 37.5 Å². The van der Waals surface area contributed by atoms with Crippen LogP contribution < -0.4 is 5.73 Å². The molecular formula is C15H20N2O3. The maximum absolute atomic E-state index is 12.6. The third-order valence-corrected chi connectivity index (χ3v) is 4.00. The Morgan fingerprint density at radius 1 is 1.40 bits per heavy atom. The van der Waals surface area contributed by atoms with Crippen LogP contribution in [0.1, 0.15) is 29.6 Å². The highest BCUT2D eigenvalue weighted by Crippen LogP contribution is 2.31. The predicted octanol–water partition coefficient (Wildman–Crippen LogP) is 1.62. The van der Waals surface area contributed by atoms with Crippen molar-refractivity contribution in [2.75, 3.05) is 25.5 Å². The molecule has 1 aliphatic heterocycles. The third-order valence-electron chi connectivity index (χ3n) is 4.00. The van der Waals surface area contributed by atoms with E-state index in [-0.39, 0.29) is 11.7 Å². The van der Waals surface area contributed by atoms with E-state index in [1.807, 2.05) is 4.90 Å². The van der Waals surface area contributed by atoms with Gasteiger partial charge in [-0.15, -0.1) is 0 Å². The average molecular weight is 276 g/mol. The van der Waals surface area contributed by atoms with Gasteiger partial charge in [0.1, 0.15) is 5.75 Å². The van der Waals surface area contributed by atoms with E-state index in [0.717, 1.165) is 39.0 Å². The van der Waals surface area contributed by atoms with Crippen molar-refractivity contribution in [1.82, 2.24) is 4.90 Å². The lowest BCUT2D eigenvalue weighted by Gasteiger charge is -2.25.